The van der Waals surface area contributed by atoms with E-state index in [1.165, 1.54) is 0 Å². The van der Waals surface area contributed by atoms with E-state index < -0.39 is 11.7 Å². The van der Waals surface area contributed by atoms with Crippen molar-refractivity contribution in [3.8, 4) is 0 Å². The molecule has 1 N–H and O–H groups in total. The molecule has 1 unspecified atom stereocenters. The molecule has 2 amide bonds. The summed E-state index contributed by atoms with van der Waals surface area (Å²) in [6, 6.07) is 0. The number of carbonyl (C=O) groups is 2. The molecule has 0 aromatic heterocycles. The second-order valence-electron chi connectivity index (χ2n) is 3.86. The quantitative estimate of drug-likeness (QED) is 0.684. The molecule has 2 rings (SSSR count). The molecule has 0 bridgehead atoms. The van der Waals surface area contributed by atoms with Crippen LogP contribution in [-0.4, -0.2) is 42.1 Å². The van der Waals surface area contributed by atoms with Crippen LogP contribution in [0.4, 0.5) is 4.79 Å². The van der Waals surface area contributed by atoms with E-state index in [0.717, 1.165) is 19.5 Å². The number of alkyl carbamates (subject to hydrolysis) is 1. The van der Waals surface area contributed by atoms with E-state index in [9.17, 15) is 9.59 Å². The second-order valence-corrected chi connectivity index (χ2v) is 3.86. The van der Waals surface area contributed by atoms with E-state index in [-0.39, 0.29) is 5.91 Å². The molecule has 5 heteroatoms. The summed E-state index contributed by atoms with van der Waals surface area (Å²) in [5.41, 5.74) is -0.883. The van der Waals surface area contributed by atoms with Gasteiger partial charge < -0.3 is 4.74 Å². The highest BCUT2D eigenvalue weighted by molar-refractivity contribution is 6.03. The van der Waals surface area contributed by atoms with Crippen LogP contribution in [0.25, 0.3) is 0 Å². The van der Waals surface area contributed by atoms with Gasteiger partial charge in [0.25, 0.3) is 5.91 Å². The molecule has 78 valence electrons. The molecule has 2 saturated heterocycles. The van der Waals surface area contributed by atoms with E-state index in [0.29, 0.717) is 13.0 Å². The van der Waals surface area contributed by atoms with E-state index in [4.69, 9.17) is 4.74 Å². The molecule has 0 aliphatic carbocycles. The summed E-state index contributed by atoms with van der Waals surface area (Å²) < 4.78 is 5.06. The molecular formula is C9H14N2O3. The van der Waals surface area contributed by atoms with Gasteiger partial charge in [-0.05, 0) is 13.0 Å². The van der Waals surface area contributed by atoms with Gasteiger partial charge >= 0.3 is 6.09 Å². The lowest BCUT2D eigenvalue weighted by atomic mass is 10.0. The van der Waals surface area contributed by atoms with Gasteiger partial charge in [0.2, 0.25) is 5.60 Å². The van der Waals surface area contributed by atoms with Crippen molar-refractivity contribution in [3.63, 3.8) is 0 Å². The van der Waals surface area contributed by atoms with Gasteiger partial charge in [-0.2, -0.15) is 0 Å². The van der Waals surface area contributed by atoms with E-state index in [1.54, 1.807) is 0 Å². The van der Waals surface area contributed by atoms with Crippen LogP contribution in [-0.2, 0) is 9.53 Å². The molecule has 0 saturated carbocycles. The summed E-state index contributed by atoms with van der Waals surface area (Å²) in [6.07, 6.45) is 1.06. The van der Waals surface area contributed by atoms with Crippen molar-refractivity contribution in [2.24, 2.45) is 0 Å². The van der Waals surface area contributed by atoms with Gasteiger partial charge in [0, 0.05) is 19.5 Å². The average Bonchev–Trinajstić information content (AvgIpc) is 2.61. The van der Waals surface area contributed by atoms with Gasteiger partial charge in [-0.1, -0.05) is 6.92 Å². The van der Waals surface area contributed by atoms with Crippen LogP contribution in [0.15, 0.2) is 0 Å². The zero-order valence-corrected chi connectivity index (χ0v) is 8.21. The van der Waals surface area contributed by atoms with E-state index >= 15 is 0 Å². The van der Waals surface area contributed by atoms with Crippen molar-refractivity contribution < 1.29 is 14.3 Å². The number of nitrogens with one attached hydrogen (secondary N) is 1. The molecule has 1 spiro atoms. The van der Waals surface area contributed by atoms with Crippen LogP contribution in [0.1, 0.15) is 19.8 Å². The molecule has 0 aromatic carbocycles. The predicted molar refractivity (Wildman–Crippen MR) is 48.7 cm³/mol. The van der Waals surface area contributed by atoms with Crippen molar-refractivity contribution in [1.82, 2.24) is 10.2 Å². The Hall–Kier alpha value is -1.10. The third-order valence-corrected chi connectivity index (χ3v) is 2.77. The molecule has 0 radical (unpaired) electrons. The van der Waals surface area contributed by atoms with Crippen molar-refractivity contribution in [1.29, 1.82) is 0 Å². The van der Waals surface area contributed by atoms with Gasteiger partial charge in [0.1, 0.15) is 0 Å². The molecular weight excluding hydrogens is 184 g/mol. The lowest BCUT2D eigenvalue weighted by Crippen LogP contribution is -2.41. The minimum atomic E-state index is -0.883. The van der Waals surface area contributed by atoms with Gasteiger partial charge in [-0.15, -0.1) is 0 Å². The minimum absolute atomic E-state index is 0.277. The molecule has 2 fully saturated rings. The minimum Gasteiger partial charge on any atom is -0.431 e. The third kappa shape index (κ3) is 1.37. The Labute approximate surface area is 82.4 Å². The zero-order valence-electron chi connectivity index (χ0n) is 8.21. The highest BCUT2D eigenvalue weighted by atomic mass is 16.6. The number of hydrogen-bond donors (Lipinski definition) is 1. The highest BCUT2D eigenvalue weighted by Gasteiger charge is 2.52. The number of ether oxygens (including phenoxy) is 1. The second kappa shape index (κ2) is 3.24. The number of amides is 2. The van der Waals surface area contributed by atoms with Crippen molar-refractivity contribution in [2.75, 3.05) is 19.6 Å². The molecule has 1 atom stereocenters. The summed E-state index contributed by atoms with van der Waals surface area (Å²) >= 11 is 0. The normalized spacial score (nSPS) is 32.4. The number of likely N-dealkylation sites (tertiary alicyclic amines) is 1. The van der Waals surface area contributed by atoms with Gasteiger partial charge in [0.05, 0.1) is 0 Å². The molecule has 2 aliphatic rings. The summed E-state index contributed by atoms with van der Waals surface area (Å²) in [5, 5.41) is 2.19. The highest BCUT2D eigenvalue weighted by Crippen LogP contribution is 2.29. The number of carbonyl (C=O) groups excluding carboxylic acids is 2. The standard InChI is InChI=1S/C9H14N2O3/c1-2-4-11-5-3-9(6-11)7(12)10-8(13)14-9/h2-6H2,1H3,(H,10,12,13). The first-order valence-electron chi connectivity index (χ1n) is 4.93. The number of nitrogens with zero attached hydrogens (tertiary/aromatic N) is 1. The fourth-order valence-electron chi connectivity index (χ4n) is 2.09. The van der Waals surface area contributed by atoms with Gasteiger partial charge in [-0.25, -0.2) is 4.79 Å². The van der Waals surface area contributed by atoms with Crippen LogP contribution in [0, 0.1) is 0 Å². The van der Waals surface area contributed by atoms with Crippen LogP contribution in [0.3, 0.4) is 0 Å². The smallest absolute Gasteiger partial charge is 0.415 e. The summed E-state index contributed by atoms with van der Waals surface area (Å²) in [7, 11) is 0. The third-order valence-electron chi connectivity index (χ3n) is 2.77. The summed E-state index contributed by atoms with van der Waals surface area (Å²) in [5.74, 6) is -0.277. The number of rotatable bonds is 2. The first-order chi connectivity index (χ1) is 6.66. The molecule has 2 aliphatic heterocycles. The van der Waals surface area contributed by atoms with E-state index in [2.05, 4.69) is 17.1 Å². The van der Waals surface area contributed by atoms with Crippen molar-refractivity contribution >= 4 is 12.0 Å². The fourth-order valence-corrected chi connectivity index (χ4v) is 2.09. The van der Waals surface area contributed by atoms with Gasteiger partial charge in [0.15, 0.2) is 0 Å². The molecule has 5 nitrogen and oxygen atoms in total. The van der Waals surface area contributed by atoms with Crippen LogP contribution < -0.4 is 5.32 Å². The first-order valence-corrected chi connectivity index (χ1v) is 4.93. The van der Waals surface area contributed by atoms with Crippen molar-refractivity contribution in [3.05, 3.63) is 0 Å². The Kier molecular flexibility index (Phi) is 2.19. The Morgan fingerprint density at radius 2 is 2.36 bits per heavy atom. The summed E-state index contributed by atoms with van der Waals surface area (Å²) in [4.78, 5) is 24.5. The monoisotopic (exact) mass is 198 g/mol. The largest absolute Gasteiger partial charge is 0.431 e. The average molecular weight is 198 g/mol. The van der Waals surface area contributed by atoms with Gasteiger partial charge in [-0.3, -0.25) is 15.0 Å². The Bertz CT molecular complexity index is 279. The number of imide groups is 1. The lowest BCUT2D eigenvalue weighted by molar-refractivity contribution is -0.130. The SMILES string of the molecule is CCCN1CCC2(C1)OC(=O)NC2=O. The fraction of sp³-hybridized carbons (Fsp3) is 0.778. The maximum Gasteiger partial charge on any atom is 0.415 e. The maximum absolute atomic E-state index is 11.5. The number of hydrogen-bond acceptors (Lipinski definition) is 4. The topological polar surface area (TPSA) is 58.6 Å². The van der Waals surface area contributed by atoms with Crippen LogP contribution >= 0.6 is 0 Å². The summed E-state index contributed by atoms with van der Waals surface area (Å²) in [6.45, 7) is 4.41. The molecule has 14 heavy (non-hydrogen) atoms. The Balaban J connectivity index is 2.05. The predicted octanol–water partition coefficient (Wildman–Crippen LogP) is 0.107. The van der Waals surface area contributed by atoms with Crippen LogP contribution in [0.2, 0.25) is 0 Å². The van der Waals surface area contributed by atoms with Crippen molar-refractivity contribution in [2.45, 2.75) is 25.4 Å². The lowest BCUT2D eigenvalue weighted by Gasteiger charge is -2.19. The van der Waals surface area contributed by atoms with Crippen LogP contribution in [0.5, 0.6) is 0 Å². The first kappa shape index (κ1) is 9.45. The van der Waals surface area contributed by atoms with E-state index in [1.807, 2.05) is 0 Å². The molecule has 2 heterocycles. The Morgan fingerprint density at radius 3 is 2.93 bits per heavy atom. The Morgan fingerprint density at radius 1 is 1.57 bits per heavy atom. The zero-order chi connectivity index (χ0) is 10.2. The maximum atomic E-state index is 11.5. The molecule has 0 aromatic rings.